The van der Waals surface area contributed by atoms with Crippen molar-refractivity contribution in [3.05, 3.63) is 94.4 Å². The predicted molar refractivity (Wildman–Crippen MR) is 108 cm³/mol. The first kappa shape index (κ1) is 19.3. The van der Waals surface area contributed by atoms with Gasteiger partial charge in [0.2, 0.25) is 0 Å². The Morgan fingerprint density at radius 2 is 1.70 bits per heavy atom. The molecule has 1 heterocycles. The van der Waals surface area contributed by atoms with E-state index < -0.39 is 23.1 Å². The second-order valence-electron chi connectivity index (χ2n) is 6.39. The molecule has 0 radical (unpaired) electrons. The third kappa shape index (κ3) is 3.50. The highest BCUT2D eigenvalue weighted by atomic mass is 19.1. The van der Waals surface area contributed by atoms with Gasteiger partial charge in [0.25, 0.3) is 11.5 Å². The molecule has 3 aromatic carbocycles. The lowest BCUT2D eigenvalue weighted by Gasteiger charge is -2.12. The number of carbonyl (C=O) groups excluding carboxylic acids is 1. The second kappa shape index (κ2) is 7.75. The summed E-state index contributed by atoms with van der Waals surface area (Å²) in [6.07, 6.45) is 0. The van der Waals surface area contributed by atoms with Crippen LogP contribution in [0.5, 0.6) is 5.75 Å². The number of hydrogen-bond donors (Lipinski definition) is 1. The lowest BCUT2D eigenvalue weighted by Crippen LogP contribution is -2.26. The van der Waals surface area contributed by atoms with E-state index >= 15 is 0 Å². The van der Waals surface area contributed by atoms with Crippen LogP contribution in [0.25, 0.3) is 16.5 Å². The summed E-state index contributed by atoms with van der Waals surface area (Å²) in [7, 11) is 1.52. The fraction of sp³-hybridized carbons (Fsp3) is 0.0455. The molecule has 6 nitrogen and oxygen atoms in total. The van der Waals surface area contributed by atoms with E-state index in [-0.39, 0.29) is 16.8 Å². The van der Waals surface area contributed by atoms with E-state index in [1.54, 1.807) is 48.5 Å². The van der Waals surface area contributed by atoms with Crippen LogP contribution in [0.3, 0.4) is 0 Å². The molecule has 1 N–H and O–H groups in total. The van der Waals surface area contributed by atoms with E-state index in [1.165, 1.54) is 7.11 Å². The van der Waals surface area contributed by atoms with Gasteiger partial charge in [-0.2, -0.15) is 9.78 Å². The third-order valence-corrected chi connectivity index (χ3v) is 4.52. The maximum Gasteiger partial charge on any atom is 0.279 e. The zero-order valence-corrected chi connectivity index (χ0v) is 15.7. The van der Waals surface area contributed by atoms with Gasteiger partial charge in [-0.3, -0.25) is 9.59 Å². The van der Waals surface area contributed by atoms with Crippen molar-refractivity contribution in [1.82, 2.24) is 9.78 Å². The smallest absolute Gasteiger partial charge is 0.279 e. The fourth-order valence-electron chi connectivity index (χ4n) is 3.03. The molecule has 0 fully saturated rings. The normalized spacial score (nSPS) is 10.8. The minimum Gasteiger partial charge on any atom is -0.497 e. The van der Waals surface area contributed by atoms with Gasteiger partial charge in [0.05, 0.1) is 23.9 Å². The number of rotatable bonds is 4. The molecule has 1 aromatic heterocycles. The summed E-state index contributed by atoms with van der Waals surface area (Å²) in [6, 6.07) is 15.9. The van der Waals surface area contributed by atoms with Crippen LogP contribution in [0.1, 0.15) is 10.5 Å². The van der Waals surface area contributed by atoms with Crippen LogP contribution in [0.4, 0.5) is 14.5 Å². The summed E-state index contributed by atoms with van der Waals surface area (Å²) in [5.41, 5.74) is -0.270. The van der Waals surface area contributed by atoms with E-state index in [1.807, 2.05) is 0 Å². The summed E-state index contributed by atoms with van der Waals surface area (Å²) in [6.45, 7) is 0. The Morgan fingerprint density at radius 3 is 2.37 bits per heavy atom. The van der Waals surface area contributed by atoms with Gasteiger partial charge < -0.3 is 10.1 Å². The van der Waals surface area contributed by atoms with E-state index in [4.69, 9.17) is 4.74 Å². The number of amides is 1. The number of methoxy groups -OCH3 is 1. The van der Waals surface area contributed by atoms with Gasteiger partial charge in [-0.1, -0.05) is 18.2 Å². The number of benzene rings is 3. The Labute approximate surface area is 169 Å². The van der Waals surface area contributed by atoms with Crippen molar-refractivity contribution in [1.29, 1.82) is 0 Å². The van der Waals surface area contributed by atoms with E-state index in [2.05, 4.69) is 10.4 Å². The largest absolute Gasteiger partial charge is 0.497 e. The summed E-state index contributed by atoms with van der Waals surface area (Å²) in [4.78, 5) is 25.8. The number of halogens is 2. The number of aromatic nitrogens is 2. The Kier molecular flexibility index (Phi) is 4.97. The number of nitrogens with zero attached hydrogens (tertiary/aromatic N) is 2. The van der Waals surface area contributed by atoms with E-state index in [0.29, 0.717) is 22.9 Å². The standard InChI is InChI=1S/C22H15F2N3O3/c1-30-15-9-7-14(8-10-15)27-22(29)17-5-3-2-4-16(17)20(26-27)21(28)25-19-11-6-13(23)12-18(19)24/h2-12H,1H3,(H,25,28). The minimum atomic E-state index is -0.920. The Morgan fingerprint density at radius 1 is 1.00 bits per heavy atom. The summed E-state index contributed by atoms with van der Waals surface area (Å²) in [5.74, 6) is -1.82. The van der Waals surface area contributed by atoms with Crippen LogP contribution >= 0.6 is 0 Å². The van der Waals surface area contributed by atoms with Gasteiger partial charge in [-0.05, 0) is 42.5 Å². The first-order valence-corrected chi connectivity index (χ1v) is 8.91. The van der Waals surface area contributed by atoms with Gasteiger partial charge in [0.15, 0.2) is 5.69 Å². The average Bonchev–Trinajstić information content (AvgIpc) is 2.76. The van der Waals surface area contributed by atoms with E-state index in [9.17, 15) is 18.4 Å². The molecule has 0 aliphatic rings. The third-order valence-electron chi connectivity index (χ3n) is 4.52. The molecule has 8 heteroatoms. The van der Waals surface area contributed by atoms with Crippen LogP contribution in [-0.2, 0) is 0 Å². The van der Waals surface area contributed by atoms with Crippen molar-refractivity contribution in [3.8, 4) is 11.4 Å². The molecule has 4 aromatic rings. The van der Waals surface area contributed by atoms with Gasteiger partial charge in [-0.25, -0.2) is 8.78 Å². The molecule has 0 bridgehead atoms. The van der Waals surface area contributed by atoms with Crippen LogP contribution in [0.2, 0.25) is 0 Å². The van der Waals surface area contributed by atoms with Crippen molar-refractivity contribution < 1.29 is 18.3 Å². The molecule has 0 saturated heterocycles. The fourth-order valence-corrected chi connectivity index (χ4v) is 3.03. The van der Waals surface area contributed by atoms with Crippen molar-refractivity contribution in [2.24, 2.45) is 0 Å². The molecule has 1 amide bonds. The van der Waals surface area contributed by atoms with Crippen LogP contribution in [-0.4, -0.2) is 22.8 Å². The van der Waals surface area contributed by atoms with Crippen molar-refractivity contribution >= 4 is 22.4 Å². The first-order chi connectivity index (χ1) is 14.5. The number of ether oxygens (including phenoxy) is 1. The van der Waals surface area contributed by atoms with Gasteiger partial charge in [0, 0.05) is 11.5 Å². The number of fused-ring (bicyclic) bond motifs is 1. The quantitative estimate of drug-likeness (QED) is 0.557. The monoisotopic (exact) mass is 407 g/mol. The minimum absolute atomic E-state index is 0.0789. The molecule has 4 rings (SSSR count). The maximum absolute atomic E-state index is 14.0. The molecule has 150 valence electrons. The van der Waals surface area contributed by atoms with Gasteiger partial charge >= 0.3 is 0 Å². The number of nitrogens with one attached hydrogen (secondary N) is 1. The van der Waals surface area contributed by atoms with Gasteiger partial charge in [-0.15, -0.1) is 0 Å². The molecule has 0 unspecified atom stereocenters. The maximum atomic E-state index is 14.0. The molecular weight excluding hydrogens is 392 g/mol. The van der Waals surface area contributed by atoms with Crippen LogP contribution in [0.15, 0.2) is 71.5 Å². The second-order valence-corrected chi connectivity index (χ2v) is 6.39. The topological polar surface area (TPSA) is 73.2 Å². The summed E-state index contributed by atoms with van der Waals surface area (Å²) >= 11 is 0. The highest BCUT2D eigenvalue weighted by Crippen LogP contribution is 2.20. The molecule has 0 aliphatic carbocycles. The molecular formula is C22H15F2N3O3. The molecule has 0 saturated carbocycles. The Bertz CT molecular complexity index is 1320. The SMILES string of the molecule is COc1ccc(-n2nc(C(=O)Nc3ccc(F)cc3F)c3ccccc3c2=O)cc1. The van der Waals surface area contributed by atoms with E-state index in [0.717, 1.165) is 16.8 Å². The number of anilines is 1. The summed E-state index contributed by atoms with van der Waals surface area (Å²) < 4.78 is 33.3. The van der Waals surface area contributed by atoms with Crippen molar-refractivity contribution in [2.45, 2.75) is 0 Å². The zero-order chi connectivity index (χ0) is 21.3. The summed E-state index contributed by atoms with van der Waals surface area (Å²) in [5, 5.41) is 7.19. The average molecular weight is 407 g/mol. The van der Waals surface area contributed by atoms with Gasteiger partial charge in [0.1, 0.15) is 17.4 Å². The molecule has 0 aliphatic heterocycles. The number of hydrogen-bond acceptors (Lipinski definition) is 4. The number of carbonyl (C=O) groups is 1. The highest BCUT2D eigenvalue weighted by Gasteiger charge is 2.19. The van der Waals surface area contributed by atoms with Crippen molar-refractivity contribution in [3.63, 3.8) is 0 Å². The lowest BCUT2D eigenvalue weighted by atomic mass is 10.1. The highest BCUT2D eigenvalue weighted by molar-refractivity contribution is 6.11. The van der Waals surface area contributed by atoms with Crippen molar-refractivity contribution in [2.75, 3.05) is 12.4 Å². The lowest BCUT2D eigenvalue weighted by molar-refractivity contribution is 0.102. The first-order valence-electron chi connectivity index (χ1n) is 8.91. The Hall–Kier alpha value is -4.07. The van der Waals surface area contributed by atoms with Crippen LogP contribution in [0, 0.1) is 11.6 Å². The van der Waals surface area contributed by atoms with Crippen LogP contribution < -0.4 is 15.6 Å². The molecule has 0 spiro atoms. The Balaban J connectivity index is 1.85. The zero-order valence-electron chi connectivity index (χ0n) is 15.7. The molecule has 30 heavy (non-hydrogen) atoms. The molecule has 0 atom stereocenters. The predicted octanol–water partition coefficient (Wildman–Crippen LogP) is 3.92.